The van der Waals surface area contributed by atoms with Gasteiger partial charge in [0.1, 0.15) is 5.82 Å². The molecule has 1 aromatic rings. The molecule has 1 aliphatic rings. The van der Waals surface area contributed by atoms with Gasteiger partial charge in [0.05, 0.1) is 5.25 Å². The van der Waals surface area contributed by atoms with Crippen LogP contribution in [0.2, 0.25) is 5.02 Å². The number of nitrogens with zero attached hydrogens (tertiary/aromatic N) is 1. The molecule has 1 saturated carbocycles. The van der Waals surface area contributed by atoms with E-state index in [4.69, 9.17) is 11.6 Å². The minimum Gasteiger partial charge on any atom is -0.267 e. The fraction of sp³-hybridized carbons (Fsp3) is 0.444. The van der Waals surface area contributed by atoms with E-state index >= 15 is 0 Å². The first-order valence-electron chi connectivity index (χ1n) is 4.63. The summed E-state index contributed by atoms with van der Waals surface area (Å²) in [6.07, 6.45) is 1.46. The van der Waals surface area contributed by atoms with Crippen LogP contribution in [0.1, 0.15) is 18.5 Å². The summed E-state index contributed by atoms with van der Waals surface area (Å²) < 4.78 is 25.6. The first kappa shape index (κ1) is 10.7. The van der Waals surface area contributed by atoms with Crippen molar-refractivity contribution >= 4 is 27.4 Å². The first-order valence-corrected chi connectivity index (χ1v) is 6.55. The van der Waals surface area contributed by atoms with Gasteiger partial charge in [0.2, 0.25) is 10.0 Å². The van der Waals surface area contributed by atoms with Crippen LogP contribution in [0.4, 0.5) is 5.82 Å². The highest BCUT2D eigenvalue weighted by Crippen LogP contribution is 2.29. The summed E-state index contributed by atoms with van der Waals surface area (Å²) in [5.41, 5.74) is 0.691. The van der Waals surface area contributed by atoms with Crippen LogP contribution in [0.25, 0.3) is 0 Å². The molecule has 0 spiro atoms. The predicted molar refractivity (Wildman–Crippen MR) is 59.5 cm³/mol. The molecule has 2 rings (SSSR count). The van der Waals surface area contributed by atoms with Gasteiger partial charge in [-0.3, -0.25) is 4.72 Å². The van der Waals surface area contributed by atoms with Crippen molar-refractivity contribution in [1.29, 1.82) is 0 Å². The van der Waals surface area contributed by atoms with Gasteiger partial charge < -0.3 is 0 Å². The Labute approximate surface area is 93.7 Å². The van der Waals surface area contributed by atoms with E-state index in [-0.39, 0.29) is 5.25 Å². The number of hydrogen-bond donors (Lipinski definition) is 1. The van der Waals surface area contributed by atoms with Gasteiger partial charge in [0.15, 0.2) is 0 Å². The van der Waals surface area contributed by atoms with Crippen molar-refractivity contribution in [1.82, 2.24) is 4.98 Å². The summed E-state index contributed by atoms with van der Waals surface area (Å²) in [7, 11) is -3.24. The third kappa shape index (κ3) is 2.60. The normalized spacial score (nSPS) is 16.4. The van der Waals surface area contributed by atoms with E-state index in [0.717, 1.165) is 12.8 Å². The van der Waals surface area contributed by atoms with Gasteiger partial charge in [-0.25, -0.2) is 13.4 Å². The molecule has 0 amide bonds. The zero-order valence-electron chi connectivity index (χ0n) is 8.20. The van der Waals surface area contributed by atoms with Gasteiger partial charge in [-0.05, 0) is 25.8 Å². The summed E-state index contributed by atoms with van der Waals surface area (Å²) in [5, 5.41) is 0.231. The molecule has 1 heterocycles. The minimum absolute atomic E-state index is 0.251. The number of nitrogens with one attached hydrogen (secondary N) is 1. The maximum atomic E-state index is 11.6. The van der Waals surface area contributed by atoms with Crippen molar-refractivity contribution in [3.8, 4) is 0 Å². The zero-order valence-corrected chi connectivity index (χ0v) is 9.77. The molecule has 1 aliphatic carbocycles. The van der Waals surface area contributed by atoms with Gasteiger partial charge in [-0.15, -0.1) is 0 Å². The predicted octanol–water partition coefficient (Wildman–Crippen LogP) is 1.95. The summed E-state index contributed by atoms with van der Waals surface area (Å²) in [5.74, 6) is 0.298. The van der Waals surface area contributed by atoms with E-state index in [1.54, 1.807) is 13.0 Å². The largest absolute Gasteiger partial charge is 0.267 e. The Hall–Kier alpha value is -0.810. The lowest BCUT2D eigenvalue weighted by molar-refractivity contribution is 0.600. The lowest BCUT2D eigenvalue weighted by Crippen LogP contribution is -2.18. The highest BCUT2D eigenvalue weighted by Gasteiger charge is 2.35. The number of sulfonamides is 1. The summed E-state index contributed by atoms with van der Waals surface area (Å²) in [6, 6.07) is 3.19. The standard InChI is InChI=1S/C9H11ClN2O2S/c1-6-4-7(10)5-9(11-6)12-15(13,14)8-2-3-8/h4-5,8H,2-3H2,1H3,(H,11,12). The topological polar surface area (TPSA) is 59.1 Å². The number of hydrogen-bond acceptors (Lipinski definition) is 3. The van der Waals surface area contributed by atoms with Gasteiger partial charge in [-0.2, -0.15) is 0 Å². The lowest BCUT2D eigenvalue weighted by Gasteiger charge is -2.06. The molecule has 4 nitrogen and oxygen atoms in total. The Bertz CT molecular complexity index is 463. The van der Waals surface area contributed by atoms with Gasteiger partial charge in [0.25, 0.3) is 0 Å². The molecule has 1 aromatic heterocycles. The quantitative estimate of drug-likeness (QED) is 0.887. The number of rotatable bonds is 3. The summed E-state index contributed by atoms with van der Waals surface area (Å²) in [6.45, 7) is 1.76. The maximum absolute atomic E-state index is 11.6. The molecule has 15 heavy (non-hydrogen) atoms. The molecule has 0 bridgehead atoms. The average molecular weight is 247 g/mol. The third-order valence-corrected chi connectivity index (χ3v) is 4.19. The number of halogens is 1. The van der Waals surface area contributed by atoms with Gasteiger partial charge >= 0.3 is 0 Å². The Morgan fingerprint density at radius 1 is 1.47 bits per heavy atom. The van der Waals surface area contributed by atoms with Gasteiger partial charge in [-0.1, -0.05) is 11.6 Å². The SMILES string of the molecule is Cc1cc(Cl)cc(NS(=O)(=O)C2CC2)n1. The van der Waals surface area contributed by atoms with E-state index in [1.807, 2.05) is 0 Å². The van der Waals surface area contributed by atoms with Crippen LogP contribution in [0.5, 0.6) is 0 Å². The van der Waals surface area contributed by atoms with Crippen LogP contribution >= 0.6 is 11.6 Å². The summed E-state index contributed by atoms with van der Waals surface area (Å²) >= 11 is 5.80. The van der Waals surface area contributed by atoms with Crippen molar-refractivity contribution in [3.63, 3.8) is 0 Å². The number of anilines is 1. The van der Waals surface area contributed by atoms with E-state index in [9.17, 15) is 8.42 Å². The van der Waals surface area contributed by atoms with Crippen molar-refractivity contribution in [2.24, 2.45) is 0 Å². The fourth-order valence-corrected chi connectivity index (χ4v) is 2.87. The Balaban J connectivity index is 2.23. The van der Waals surface area contributed by atoms with Crippen LogP contribution < -0.4 is 4.72 Å². The van der Waals surface area contributed by atoms with E-state index in [2.05, 4.69) is 9.71 Å². The van der Waals surface area contributed by atoms with Crippen molar-refractivity contribution < 1.29 is 8.42 Å². The highest BCUT2D eigenvalue weighted by atomic mass is 35.5. The first-order chi connectivity index (χ1) is 6.97. The molecule has 0 saturated heterocycles. The lowest BCUT2D eigenvalue weighted by atomic mass is 10.4. The molecular formula is C9H11ClN2O2S. The Morgan fingerprint density at radius 2 is 2.13 bits per heavy atom. The van der Waals surface area contributed by atoms with E-state index in [0.29, 0.717) is 16.5 Å². The molecule has 0 aromatic carbocycles. The monoisotopic (exact) mass is 246 g/mol. The second-order valence-corrected chi connectivity index (χ2v) is 6.06. The van der Waals surface area contributed by atoms with Crippen molar-refractivity contribution in [2.75, 3.05) is 4.72 Å². The minimum atomic E-state index is -3.24. The molecule has 0 atom stereocenters. The molecule has 0 unspecified atom stereocenters. The molecule has 0 radical (unpaired) electrons. The maximum Gasteiger partial charge on any atom is 0.236 e. The smallest absolute Gasteiger partial charge is 0.236 e. The molecule has 6 heteroatoms. The summed E-state index contributed by atoms with van der Waals surface area (Å²) in [4.78, 5) is 4.05. The van der Waals surface area contributed by atoms with Crippen molar-refractivity contribution in [2.45, 2.75) is 25.0 Å². The molecule has 82 valence electrons. The number of aromatic nitrogens is 1. The average Bonchev–Trinajstić information content (AvgIpc) is 2.80. The molecule has 1 N–H and O–H groups in total. The van der Waals surface area contributed by atoms with Gasteiger partial charge in [0, 0.05) is 16.8 Å². The molecule has 0 aliphatic heterocycles. The zero-order chi connectivity index (χ0) is 11.1. The number of aryl methyl sites for hydroxylation is 1. The number of pyridine rings is 1. The Kier molecular flexibility index (Phi) is 2.60. The van der Waals surface area contributed by atoms with Crippen LogP contribution in [-0.2, 0) is 10.0 Å². The van der Waals surface area contributed by atoms with Crippen LogP contribution in [0.15, 0.2) is 12.1 Å². The second kappa shape index (κ2) is 3.64. The highest BCUT2D eigenvalue weighted by molar-refractivity contribution is 7.93. The van der Waals surface area contributed by atoms with Crippen LogP contribution in [0, 0.1) is 6.92 Å². The van der Waals surface area contributed by atoms with Crippen molar-refractivity contribution in [3.05, 3.63) is 22.8 Å². The molecule has 1 fully saturated rings. The molecular weight excluding hydrogens is 236 g/mol. The Morgan fingerprint density at radius 3 is 2.67 bits per heavy atom. The van der Waals surface area contributed by atoms with E-state index < -0.39 is 10.0 Å². The van der Waals surface area contributed by atoms with Crippen LogP contribution in [0.3, 0.4) is 0 Å². The van der Waals surface area contributed by atoms with Crippen LogP contribution in [-0.4, -0.2) is 18.7 Å². The third-order valence-electron chi connectivity index (χ3n) is 2.13. The second-order valence-electron chi connectivity index (χ2n) is 3.66. The van der Waals surface area contributed by atoms with E-state index in [1.165, 1.54) is 6.07 Å². The fourth-order valence-electron chi connectivity index (χ4n) is 1.29.